The van der Waals surface area contributed by atoms with Gasteiger partial charge >= 0.3 is 6.18 Å². The van der Waals surface area contributed by atoms with Crippen molar-refractivity contribution in [2.75, 3.05) is 11.5 Å². The molecular formula is C11H9F3OS. The van der Waals surface area contributed by atoms with Crippen LogP contribution in [0, 0.1) is 0 Å². The Morgan fingerprint density at radius 1 is 1.31 bits per heavy atom. The molecule has 1 aliphatic heterocycles. The predicted octanol–water partition coefficient (Wildman–Crippen LogP) is 3.10. The number of benzene rings is 1. The van der Waals surface area contributed by atoms with Gasteiger partial charge in [0.2, 0.25) is 0 Å². The van der Waals surface area contributed by atoms with Gasteiger partial charge in [-0.1, -0.05) is 18.2 Å². The largest absolute Gasteiger partial charge is 0.416 e. The van der Waals surface area contributed by atoms with E-state index in [-0.39, 0.29) is 11.7 Å². The molecule has 0 amide bonds. The smallest absolute Gasteiger partial charge is 0.298 e. The Balaban J connectivity index is 2.32. The number of hydrogen-bond acceptors (Lipinski definition) is 2. The molecule has 1 fully saturated rings. The standard InChI is InChI=1S/C11H9F3OS/c12-11(13,14)8-3-1-2-7(4-8)9-5-16-6-10(9)15/h1-4,9H,5-6H2. The molecule has 86 valence electrons. The van der Waals surface area contributed by atoms with Gasteiger partial charge in [0.05, 0.1) is 17.2 Å². The van der Waals surface area contributed by atoms with E-state index in [0.717, 1.165) is 12.1 Å². The van der Waals surface area contributed by atoms with Gasteiger partial charge in [-0.25, -0.2) is 0 Å². The van der Waals surface area contributed by atoms with E-state index in [4.69, 9.17) is 0 Å². The Morgan fingerprint density at radius 3 is 2.62 bits per heavy atom. The Labute approximate surface area is 95.0 Å². The summed E-state index contributed by atoms with van der Waals surface area (Å²) < 4.78 is 37.4. The highest BCUT2D eigenvalue weighted by molar-refractivity contribution is 8.00. The number of hydrogen-bond donors (Lipinski definition) is 0. The lowest BCUT2D eigenvalue weighted by Gasteiger charge is -2.11. The van der Waals surface area contributed by atoms with Gasteiger partial charge in [0.1, 0.15) is 0 Å². The molecule has 2 rings (SSSR count). The van der Waals surface area contributed by atoms with Crippen LogP contribution in [0.4, 0.5) is 13.2 Å². The first-order valence-electron chi connectivity index (χ1n) is 4.76. The summed E-state index contributed by atoms with van der Waals surface area (Å²) >= 11 is 1.47. The normalized spacial score (nSPS) is 21.4. The quantitative estimate of drug-likeness (QED) is 0.757. The first-order valence-corrected chi connectivity index (χ1v) is 5.91. The Morgan fingerprint density at radius 2 is 2.06 bits per heavy atom. The maximum Gasteiger partial charge on any atom is 0.416 e. The van der Waals surface area contributed by atoms with Crippen LogP contribution >= 0.6 is 11.8 Å². The number of alkyl halides is 3. The van der Waals surface area contributed by atoms with Crippen molar-refractivity contribution < 1.29 is 18.0 Å². The van der Waals surface area contributed by atoms with E-state index in [1.807, 2.05) is 0 Å². The van der Waals surface area contributed by atoms with Crippen molar-refractivity contribution in [3.8, 4) is 0 Å². The Hall–Kier alpha value is -0.970. The van der Waals surface area contributed by atoms with Gasteiger partial charge in [0.15, 0.2) is 5.78 Å². The SMILES string of the molecule is O=C1CSCC1c1cccc(C(F)(F)F)c1. The second kappa shape index (κ2) is 4.13. The average Bonchev–Trinajstić information content (AvgIpc) is 2.63. The van der Waals surface area contributed by atoms with Crippen LogP contribution < -0.4 is 0 Å². The lowest BCUT2D eigenvalue weighted by Crippen LogP contribution is -2.11. The molecule has 0 bridgehead atoms. The summed E-state index contributed by atoms with van der Waals surface area (Å²) in [6.07, 6.45) is -4.34. The molecule has 1 saturated heterocycles. The summed E-state index contributed by atoms with van der Waals surface area (Å²) in [7, 11) is 0. The van der Waals surface area contributed by atoms with Crippen molar-refractivity contribution in [3.05, 3.63) is 35.4 Å². The monoisotopic (exact) mass is 246 g/mol. The van der Waals surface area contributed by atoms with E-state index in [1.165, 1.54) is 17.8 Å². The van der Waals surface area contributed by atoms with Crippen LogP contribution in [0.1, 0.15) is 17.0 Å². The predicted molar refractivity (Wildman–Crippen MR) is 56.5 cm³/mol. The van der Waals surface area contributed by atoms with Gasteiger partial charge in [-0.05, 0) is 11.6 Å². The zero-order valence-corrected chi connectivity index (χ0v) is 9.07. The van der Waals surface area contributed by atoms with Gasteiger partial charge < -0.3 is 0 Å². The second-order valence-electron chi connectivity index (χ2n) is 3.66. The molecule has 1 unspecified atom stereocenters. The van der Waals surface area contributed by atoms with Gasteiger partial charge in [-0.15, -0.1) is 0 Å². The third-order valence-corrected chi connectivity index (χ3v) is 3.59. The van der Waals surface area contributed by atoms with Gasteiger partial charge in [0.25, 0.3) is 0 Å². The molecule has 0 spiro atoms. The van der Waals surface area contributed by atoms with Crippen molar-refractivity contribution in [1.29, 1.82) is 0 Å². The van der Waals surface area contributed by atoms with E-state index < -0.39 is 11.7 Å². The fourth-order valence-corrected chi connectivity index (χ4v) is 2.82. The molecule has 0 aromatic heterocycles. The summed E-state index contributed by atoms with van der Waals surface area (Å²) in [4.78, 5) is 11.4. The number of halogens is 3. The van der Waals surface area contributed by atoms with E-state index in [9.17, 15) is 18.0 Å². The summed E-state index contributed by atoms with van der Waals surface area (Å²) in [5.74, 6) is 0.637. The third-order valence-electron chi connectivity index (χ3n) is 2.53. The Bertz CT molecular complexity index is 414. The van der Waals surface area contributed by atoms with Crippen LogP contribution in [-0.4, -0.2) is 17.3 Å². The third kappa shape index (κ3) is 2.24. The molecule has 16 heavy (non-hydrogen) atoms. The lowest BCUT2D eigenvalue weighted by molar-refractivity contribution is -0.137. The molecule has 0 aliphatic carbocycles. The van der Waals surface area contributed by atoms with Gasteiger partial charge in [0, 0.05) is 5.75 Å². The molecule has 0 N–H and O–H groups in total. The molecule has 1 aromatic rings. The summed E-state index contributed by atoms with van der Waals surface area (Å²) in [6.45, 7) is 0. The van der Waals surface area contributed by atoms with Crippen molar-refractivity contribution in [3.63, 3.8) is 0 Å². The van der Waals surface area contributed by atoms with Gasteiger partial charge in [-0.2, -0.15) is 24.9 Å². The number of carbonyl (C=O) groups excluding carboxylic acids is 1. The zero-order chi connectivity index (χ0) is 11.8. The fourth-order valence-electron chi connectivity index (χ4n) is 1.68. The van der Waals surface area contributed by atoms with Crippen LogP contribution in [0.2, 0.25) is 0 Å². The summed E-state index contributed by atoms with van der Waals surface area (Å²) in [5, 5.41) is 0. The molecular weight excluding hydrogens is 237 g/mol. The molecule has 0 radical (unpaired) electrons. The van der Waals surface area contributed by atoms with Crippen molar-refractivity contribution in [2.24, 2.45) is 0 Å². The topological polar surface area (TPSA) is 17.1 Å². The lowest BCUT2D eigenvalue weighted by atomic mass is 9.96. The van der Waals surface area contributed by atoms with Crippen LogP contribution in [0.3, 0.4) is 0 Å². The second-order valence-corrected chi connectivity index (χ2v) is 4.69. The Kier molecular flexibility index (Phi) is 2.97. The fraction of sp³-hybridized carbons (Fsp3) is 0.364. The van der Waals surface area contributed by atoms with Crippen LogP contribution in [0.5, 0.6) is 0 Å². The average molecular weight is 246 g/mol. The van der Waals surface area contributed by atoms with Crippen LogP contribution in [0.15, 0.2) is 24.3 Å². The number of carbonyl (C=O) groups is 1. The van der Waals surface area contributed by atoms with Crippen molar-refractivity contribution >= 4 is 17.5 Å². The number of thioether (sulfide) groups is 1. The van der Waals surface area contributed by atoms with Crippen molar-refractivity contribution in [1.82, 2.24) is 0 Å². The number of Topliss-reactive ketones (excluding diaryl/α,β-unsaturated/α-hetero) is 1. The molecule has 1 heterocycles. The number of rotatable bonds is 1. The first-order chi connectivity index (χ1) is 7.48. The van der Waals surface area contributed by atoms with Crippen LogP contribution in [0.25, 0.3) is 0 Å². The zero-order valence-electron chi connectivity index (χ0n) is 8.25. The maximum atomic E-state index is 12.5. The first kappa shape index (κ1) is 11.5. The minimum Gasteiger partial charge on any atom is -0.298 e. The summed E-state index contributed by atoms with van der Waals surface area (Å²) in [6, 6.07) is 5.04. The highest BCUT2D eigenvalue weighted by atomic mass is 32.2. The van der Waals surface area contributed by atoms with Crippen LogP contribution in [-0.2, 0) is 11.0 Å². The number of ketones is 1. The molecule has 1 atom stereocenters. The minimum absolute atomic E-state index is 0.0179. The molecule has 1 aromatic carbocycles. The molecule has 1 nitrogen and oxygen atoms in total. The van der Waals surface area contributed by atoms with E-state index in [0.29, 0.717) is 17.1 Å². The van der Waals surface area contributed by atoms with E-state index in [2.05, 4.69) is 0 Å². The van der Waals surface area contributed by atoms with E-state index in [1.54, 1.807) is 6.07 Å². The highest BCUT2D eigenvalue weighted by Gasteiger charge is 2.32. The van der Waals surface area contributed by atoms with Crippen molar-refractivity contribution in [2.45, 2.75) is 12.1 Å². The highest BCUT2D eigenvalue weighted by Crippen LogP contribution is 2.34. The molecule has 1 aliphatic rings. The summed E-state index contributed by atoms with van der Waals surface area (Å²) in [5.41, 5.74) is -0.209. The maximum absolute atomic E-state index is 12.5. The molecule has 0 saturated carbocycles. The van der Waals surface area contributed by atoms with E-state index >= 15 is 0 Å². The minimum atomic E-state index is -4.34. The molecule has 5 heteroatoms. The van der Waals surface area contributed by atoms with Gasteiger partial charge in [-0.3, -0.25) is 4.79 Å².